The molecule has 18 atom stereocenters. The average Bonchev–Trinajstić information content (AvgIpc) is 3.66. The smallest absolute Gasteiger partial charge is 0.303 e. The second kappa shape index (κ2) is 15.2. The molecule has 0 aromatic heterocycles. The first-order valence-electron chi connectivity index (χ1n) is 23.1. The number of carboxylic acids is 1. The van der Waals surface area contributed by atoms with Crippen LogP contribution < -0.4 is 0 Å². The number of aliphatic hydroxyl groups excluding tert-OH is 2. The van der Waals surface area contributed by atoms with E-state index in [-0.39, 0.29) is 41.3 Å². The Morgan fingerprint density at radius 3 is 1.91 bits per heavy atom. The molecule has 0 spiro atoms. The number of carbonyl (C=O) groups is 3. The van der Waals surface area contributed by atoms with Crippen molar-refractivity contribution in [3.8, 4) is 0 Å². The summed E-state index contributed by atoms with van der Waals surface area (Å²) in [6, 6.07) is 0. The Kier molecular flexibility index (Phi) is 11.5. The van der Waals surface area contributed by atoms with Gasteiger partial charge in [0.05, 0.1) is 12.2 Å². The molecule has 8 fully saturated rings. The summed E-state index contributed by atoms with van der Waals surface area (Å²) in [6.45, 7) is 16.9. The number of aliphatic hydroxyl groups is 2. The van der Waals surface area contributed by atoms with Crippen LogP contribution in [-0.2, 0) is 14.4 Å². The van der Waals surface area contributed by atoms with Crippen LogP contribution in [-0.4, -0.2) is 45.1 Å². The molecule has 0 aromatic rings. The molecule has 0 aromatic carbocycles. The third-order valence-corrected chi connectivity index (χ3v) is 20.0. The summed E-state index contributed by atoms with van der Waals surface area (Å²) in [6.07, 6.45) is 20.2. The first-order chi connectivity index (χ1) is 25.5. The fourth-order valence-electron chi connectivity index (χ4n) is 17.1. The van der Waals surface area contributed by atoms with Crippen LogP contribution in [0, 0.1) is 92.7 Å². The molecule has 8 aliphatic rings. The van der Waals surface area contributed by atoms with Gasteiger partial charge in [-0.15, -0.1) is 0 Å². The van der Waals surface area contributed by atoms with Crippen LogP contribution in [0.2, 0.25) is 0 Å². The van der Waals surface area contributed by atoms with Crippen molar-refractivity contribution < 1.29 is 29.7 Å². The highest BCUT2D eigenvalue weighted by Crippen LogP contribution is 2.69. The Hall–Kier alpha value is -1.27. The zero-order valence-electron chi connectivity index (χ0n) is 35.3. The van der Waals surface area contributed by atoms with E-state index in [0.717, 1.165) is 75.5 Å². The SMILES string of the molecule is CCC[C@@H](C)[C@H]1CCC2[C@H]3C(CC[C@@]21C)[C@@]1(C)CC[C@@H](O)C[C@H]1C[C@H]3O.C[C@H](CCC(=O)O)[C@H]1CCC2[C@@H]3C(=O)C[C@@H]4CC(=O)CC[C@]4(C)C3CC[C@@]21C. The lowest BCUT2D eigenvalue weighted by molar-refractivity contribution is -0.174. The van der Waals surface area contributed by atoms with Crippen molar-refractivity contribution >= 4 is 17.5 Å². The molecule has 8 aliphatic carbocycles. The number of hydrogen-bond donors (Lipinski definition) is 3. The standard InChI is InChI=1S/C24H36O4.C24H42O2/c1-14(4-7-21(27)28)17-5-6-18-22-19(9-11-24(17,18)3)23(2)10-8-16(25)12-15(23)13-20(22)26;1-5-6-15(2)18-7-8-19-22-20(10-12-24(18,19)4)23(3)11-9-17(25)13-16(23)14-21(22)26/h14-15,17-19,22H,4-13H2,1-3H3,(H,27,28);15-22,25-26H,5-14H2,1-4H3/t14-,15+,17-,18?,19?,22+,23+,24-;15-,16+,17-,18-,19?,20?,21-,22+,23+,24-/m11/s1. The van der Waals surface area contributed by atoms with Crippen LogP contribution >= 0.6 is 0 Å². The zero-order chi connectivity index (χ0) is 39.0. The highest BCUT2D eigenvalue weighted by Gasteiger charge is 2.64. The van der Waals surface area contributed by atoms with Gasteiger partial charge in [0.25, 0.3) is 0 Å². The number of aliphatic carboxylic acids is 1. The lowest BCUT2D eigenvalue weighted by atomic mass is 9.43. The third kappa shape index (κ3) is 6.71. The van der Waals surface area contributed by atoms with Crippen LogP contribution in [0.4, 0.5) is 0 Å². The maximum Gasteiger partial charge on any atom is 0.303 e. The molecular weight excluding hydrogens is 673 g/mol. The number of carbonyl (C=O) groups excluding carboxylic acids is 2. The summed E-state index contributed by atoms with van der Waals surface area (Å²) >= 11 is 0. The fourth-order valence-corrected chi connectivity index (χ4v) is 17.1. The van der Waals surface area contributed by atoms with Gasteiger partial charge in [-0.25, -0.2) is 0 Å². The fraction of sp³-hybridized carbons (Fsp3) is 0.938. The predicted molar refractivity (Wildman–Crippen MR) is 213 cm³/mol. The number of hydrogen-bond acceptors (Lipinski definition) is 5. The predicted octanol–water partition coefficient (Wildman–Crippen LogP) is 10.3. The van der Waals surface area contributed by atoms with E-state index in [9.17, 15) is 24.6 Å². The quantitative estimate of drug-likeness (QED) is 0.239. The number of fused-ring (bicyclic) bond motifs is 10. The van der Waals surface area contributed by atoms with E-state index in [2.05, 4.69) is 48.5 Å². The summed E-state index contributed by atoms with van der Waals surface area (Å²) < 4.78 is 0. The number of Topliss-reactive ketones (excluding diaryl/α,β-unsaturated/α-hetero) is 2. The summed E-state index contributed by atoms with van der Waals surface area (Å²) in [7, 11) is 0. The van der Waals surface area contributed by atoms with E-state index >= 15 is 0 Å². The van der Waals surface area contributed by atoms with Gasteiger partial charge in [0.2, 0.25) is 0 Å². The van der Waals surface area contributed by atoms with Gasteiger partial charge in [-0.1, -0.05) is 61.3 Å². The van der Waals surface area contributed by atoms with E-state index in [1.165, 1.54) is 44.9 Å². The van der Waals surface area contributed by atoms with Crippen molar-refractivity contribution in [1.29, 1.82) is 0 Å². The highest BCUT2D eigenvalue weighted by molar-refractivity contribution is 5.86. The second-order valence-electron chi connectivity index (χ2n) is 22.2. The minimum absolute atomic E-state index is 0.128. The van der Waals surface area contributed by atoms with Gasteiger partial charge in [0.1, 0.15) is 11.6 Å². The summed E-state index contributed by atoms with van der Waals surface area (Å²) in [5.41, 5.74) is 1.13. The van der Waals surface area contributed by atoms with E-state index < -0.39 is 5.97 Å². The van der Waals surface area contributed by atoms with Crippen LogP contribution in [0.1, 0.15) is 177 Å². The van der Waals surface area contributed by atoms with Crippen molar-refractivity contribution in [2.75, 3.05) is 0 Å². The summed E-state index contributed by atoms with van der Waals surface area (Å²) in [5, 5.41) is 30.5. The molecule has 54 heavy (non-hydrogen) atoms. The van der Waals surface area contributed by atoms with Crippen molar-refractivity contribution in [3.63, 3.8) is 0 Å². The van der Waals surface area contributed by atoms with Crippen LogP contribution in [0.3, 0.4) is 0 Å². The van der Waals surface area contributed by atoms with Crippen molar-refractivity contribution in [2.45, 2.75) is 189 Å². The topological polar surface area (TPSA) is 112 Å². The van der Waals surface area contributed by atoms with Crippen LogP contribution in [0.5, 0.6) is 0 Å². The first-order valence-corrected chi connectivity index (χ1v) is 23.1. The molecule has 8 rings (SSSR count). The van der Waals surface area contributed by atoms with Crippen molar-refractivity contribution in [2.24, 2.45) is 92.7 Å². The van der Waals surface area contributed by atoms with E-state index in [0.29, 0.717) is 83.1 Å². The lowest BCUT2D eigenvalue weighted by Gasteiger charge is -2.62. The van der Waals surface area contributed by atoms with E-state index in [4.69, 9.17) is 5.11 Å². The van der Waals surface area contributed by atoms with Crippen molar-refractivity contribution in [3.05, 3.63) is 0 Å². The summed E-state index contributed by atoms with van der Waals surface area (Å²) in [5.74, 6) is 6.48. The molecule has 0 heterocycles. The van der Waals surface area contributed by atoms with Gasteiger partial charge in [-0.3, -0.25) is 14.4 Å². The Labute approximate surface area is 328 Å². The number of carboxylic acid groups (broad SMARTS) is 1. The minimum Gasteiger partial charge on any atom is -0.481 e. The molecule has 6 heteroatoms. The molecule has 8 saturated carbocycles. The molecule has 306 valence electrons. The molecular formula is C48H78O6. The van der Waals surface area contributed by atoms with Gasteiger partial charge < -0.3 is 15.3 Å². The Bertz CT molecular complexity index is 1410. The number of ketones is 2. The van der Waals surface area contributed by atoms with Gasteiger partial charge >= 0.3 is 5.97 Å². The largest absolute Gasteiger partial charge is 0.481 e. The third-order valence-electron chi connectivity index (χ3n) is 20.0. The van der Waals surface area contributed by atoms with Gasteiger partial charge in [0, 0.05) is 31.6 Å². The minimum atomic E-state index is -0.705. The first kappa shape index (κ1) is 40.9. The second-order valence-corrected chi connectivity index (χ2v) is 22.2. The Morgan fingerprint density at radius 1 is 0.685 bits per heavy atom. The molecule has 3 N–H and O–H groups in total. The van der Waals surface area contributed by atoms with Gasteiger partial charge in [-0.2, -0.15) is 0 Å². The normalized spacial score (nSPS) is 50.5. The van der Waals surface area contributed by atoms with Crippen molar-refractivity contribution in [1.82, 2.24) is 0 Å². The van der Waals surface area contributed by atoms with E-state index in [1.807, 2.05) is 0 Å². The molecule has 6 nitrogen and oxygen atoms in total. The Morgan fingerprint density at radius 2 is 1.24 bits per heavy atom. The zero-order valence-corrected chi connectivity index (χ0v) is 35.3. The average molecular weight is 751 g/mol. The number of rotatable bonds is 7. The van der Waals surface area contributed by atoms with E-state index in [1.54, 1.807) is 0 Å². The Balaban J connectivity index is 0.000000167. The molecule has 0 saturated heterocycles. The molecule has 0 bridgehead atoms. The molecule has 0 aliphatic heterocycles. The summed E-state index contributed by atoms with van der Waals surface area (Å²) in [4.78, 5) is 36.4. The molecule has 0 radical (unpaired) electrons. The monoisotopic (exact) mass is 751 g/mol. The maximum atomic E-state index is 13.3. The van der Waals surface area contributed by atoms with Gasteiger partial charge in [-0.05, 0) is 177 Å². The highest BCUT2D eigenvalue weighted by atomic mass is 16.4. The van der Waals surface area contributed by atoms with Gasteiger partial charge in [0.15, 0.2) is 0 Å². The maximum absolute atomic E-state index is 13.3. The van der Waals surface area contributed by atoms with Crippen LogP contribution in [0.25, 0.3) is 0 Å². The lowest BCUT2D eigenvalue weighted by Crippen LogP contribution is -2.58. The van der Waals surface area contributed by atoms with Crippen LogP contribution in [0.15, 0.2) is 0 Å². The molecule has 0 amide bonds. The molecule has 4 unspecified atom stereocenters.